The predicted octanol–water partition coefficient (Wildman–Crippen LogP) is -0.498. The highest BCUT2D eigenvalue weighted by Gasteiger charge is 2.17. The summed E-state index contributed by atoms with van der Waals surface area (Å²) < 4.78 is 24.4. The zero-order valence-electron chi connectivity index (χ0n) is 11.3. The standard InChI is InChI=1S/C11H23N3O3S/c1-5-7-12-11(15)6-8-14(18(4,16)17)10-9-13(2)3/h5H,1,6-10H2,2-4H3,(H,12,15). The summed E-state index contributed by atoms with van der Waals surface area (Å²) in [7, 11) is 0.474. The maximum atomic E-state index is 11.5. The van der Waals surface area contributed by atoms with E-state index < -0.39 is 10.0 Å². The van der Waals surface area contributed by atoms with Gasteiger partial charge in [0.1, 0.15) is 0 Å². The summed E-state index contributed by atoms with van der Waals surface area (Å²) in [5, 5.41) is 2.62. The van der Waals surface area contributed by atoms with E-state index in [1.807, 2.05) is 19.0 Å². The van der Waals surface area contributed by atoms with Crippen molar-refractivity contribution >= 4 is 15.9 Å². The lowest BCUT2D eigenvalue weighted by Gasteiger charge is -2.21. The van der Waals surface area contributed by atoms with Crippen LogP contribution < -0.4 is 5.32 Å². The number of carbonyl (C=O) groups is 1. The molecule has 0 rings (SSSR count). The van der Waals surface area contributed by atoms with Crippen molar-refractivity contribution in [2.45, 2.75) is 6.42 Å². The summed E-state index contributed by atoms with van der Waals surface area (Å²) in [5.41, 5.74) is 0. The molecule has 6 nitrogen and oxygen atoms in total. The van der Waals surface area contributed by atoms with Crippen molar-refractivity contribution in [3.63, 3.8) is 0 Å². The predicted molar refractivity (Wildman–Crippen MR) is 72.8 cm³/mol. The quantitative estimate of drug-likeness (QED) is 0.577. The lowest BCUT2D eigenvalue weighted by Crippen LogP contribution is -2.38. The van der Waals surface area contributed by atoms with Crippen molar-refractivity contribution in [1.82, 2.24) is 14.5 Å². The van der Waals surface area contributed by atoms with Gasteiger partial charge in [-0.3, -0.25) is 4.79 Å². The van der Waals surface area contributed by atoms with Gasteiger partial charge in [-0.2, -0.15) is 0 Å². The van der Waals surface area contributed by atoms with E-state index in [1.54, 1.807) is 6.08 Å². The fourth-order valence-electron chi connectivity index (χ4n) is 1.26. The highest BCUT2D eigenvalue weighted by Crippen LogP contribution is 2.00. The van der Waals surface area contributed by atoms with Crippen LogP contribution in [0.15, 0.2) is 12.7 Å². The lowest BCUT2D eigenvalue weighted by atomic mass is 10.4. The van der Waals surface area contributed by atoms with Crippen molar-refractivity contribution in [2.24, 2.45) is 0 Å². The van der Waals surface area contributed by atoms with Gasteiger partial charge in [-0.25, -0.2) is 12.7 Å². The van der Waals surface area contributed by atoms with Crippen molar-refractivity contribution in [3.8, 4) is 0 Å². The van der Waals surface area contributed by atoms with E-state index >= 15 is 0 Å². The smallest absolute Gasteiger partial charge is 0.221 e. The Morgan fingerprint density at radius 1 is 1.28 bits per heavy atom. The van der Waals surface area contributed by atoms with Crippen molar-refractivity contribution in [2.75, 3.05) is 46.5 Å². The second-order valence-electron chi connectivity index (χ2n) is 4.31. The van der Waals surface area contributed by atoms with Gasteiger partial charge in [-0.1, -0.05) is 6.08 Å². The van der Waals surface area contributed by atoms with Crippen molar-refractivity contribution < 1.29 is 13.2 Å². The Hall–Kier alpha value is -0.920. The van der Waals surface area contributed by atoms with Gasteiger partial charge in [0.05, 0.1) is 6.26 Å². The minimum Gasteiger partial charge on any atom is -0.353 e. The topological polar surface area (TPSA) is 69.7 Å². The Bertz CT molecular complexity index is 366. The SMILES string of the molecule is C=CCNC(=O)CCN(CCN(C)C)S(C)(=O)=O. The Morgan fingerprint density at radius 3 is 2.33 bits per heavy atom. The van der Waals surface area contributed by atoms with E-state index in [4.69, 9.17) is 0 Å². The molecular formula is C11H23N3O3S. The minimum atomic E-state index is -3.27. The van der Waals surface area contributed by atoms with E-state index in [2.05, 4.69) is 11.9 Å². The zero-order valence-corrected chi connectivity index (χ0v) is 12.2. The van der Waals surface area contributed by atoms with Gasteiger partial charge in [-0.15, -0.1) is 6.58 Å². The van der Waals surface area contributed by atoms with Crippen LogP contribution in [0.1, 0.15) is 6.42 Å². The van der Waals surface area contributed by atoms with Gasteiger partial charge in [0.25, 0.3) is 0 Å². The van der Waals surface area contributed by atoms with E-state index in [0.717, 1.165) is 6.26 Å². The molecule has 0 aliphatic rings. The Morgan fingerprint density at radius 2 is 1.89 bits per heavy atom. The fraction of sp³-hybridized carbons (Fsp3) is 0.727. The van der Waals surface area contributed by atoms with Gasteiger partial charge in [0, 0.05) is 32.6 Å². The summed E-state index contributed by atoms with van der Waals surface area (Å²) >= 11 is 0. The number of likely N-dealkylation sites (N-methyl/N-ethyl adjacent to an activating group) is 1. The maximum Gasteiger partial charge on any atom is 0.221 e. The number of sulfonamides is 1. The molecule has 0 saturated carbocycles. The summed E-state index contributed by atoms with van der Waals surface area (Å²) in [4.78, 5) is 13.3. The summed E-state index contributed by atoms with van der Waals surface area (Å²) in [6.45, 7) is 5.11. The molecule has 7 heteroatoms. The van der Waals surface area contributed by atoms with Gasteiger partial charge in [-0.05, 0) is 14.1 Å². The first kappa shape index (κ1) is 17.1. The van der Waals surface area contributed by atoms with E-state index in [0.29, 0.717) is 19.6 Å². The van der Waals surface area contributed by atoms with Crippen LogP contribution >= 0.6 is 0 Å². The molecule has 1 amide bonds. The third-order valence-corrected chi connectivity index (χ3v) is 3.60. The molecule has 0 aliphatic carbocycles. The molecule has 0 fully saturated rings. The number of nitrogens with zero attached hydrogens (tertiary/aromatic N) is 2. The normalized spacial score (nSPS) is 11.8. The second kappa shape index (κ2) is 8.23. The molecule has 0 bridgehead atoms. The lowest BCUT2D eigenvalue weighted by molar-refractivity contribution is -0.121. The third-order valence-electron chi connectivity index (χ3n) is 2.30. The molecule has 0 unspecified atom stereocenters. The monoisotopic (exact) mass is 277 g/mol. The number of nitrogens with one attached hydrogen (secondary N) is 1. The molecule has 18 heavy (non-hydrogen) atoms. The molecule has 106 valence electrons. The summed E-state index contributed by atoms with van der Waals surface area (Å²) in [5.74, 6) is -0.173. The first-order chi connectivity index (χ1) is 8.27. The number of amides is 1. The average Bonchev–Trinajstić information content (AvgIpc) is 2.23. The maximum absolute atomic E-state index is 11.5. The van der Waals surface area contributed by atoms with E-state index in [-0.39, 0.29) is 18.9 Å². The molecule has 0 radical (unpaired) electrons. The number of rotatable bonds is 9. The van der Waals surface area contributed by atoms with Gasteiger partial charge in [0.15, 0.2) is 0 Å². The fourth-order valence-corrected chi connectivity index (χ4v) is 2.09. The molecule has 0 aromatic heterocycles. The van der Waals surface area contributed by atoms with Crippen LogP contribution in [0.2, 0.25) is 0 Å². The van der Waals surface area contributed by atoms with Crippen LogP contribution in [0.5, 0.6) is 0 Å². The van der Waals surface area contributed by atoms with Crippen LogP contribution in [0.25, 0.3) is 0 Å². The van der Waals surface area contributed by atoms with Gasteiger partial charge >= 0.3 is 0 Å². The van der Waals surface area contributed by atoms with Crippen LogP contribution in [0.3, 0.4) is 0 Å². The Kier molecular flexibility index (Phi) is 7.81. The number of hydrogen-bond donors (Lipinski definition) is 1. The first-order valence-electron chi connectivity index (χ1n) is 5.74. The highest BCUT2D eigenvalue weighted by atomic mass is 32.2. The van der Waals surface area contributed by atoms with E-state index in [9.17, 15) is 13.2 Å². The molecule has 0 aromatic rings. The van der Waals surface area contributed by atoms with Crippen molar-refractivity contribution in [3.05, 3.63) is 12.7 Å². The molecular weight excluding hydrogens is 254 g/mol. The average molecular weight is 277 g/mol. The Balaban J connectivity index is 4.26. The molecule has 0 saturated heterocycles. The second-order valence-corrected chi connectivity index (χ2v) is 6.29. The molecule has 0 spiro atoms. The number of hydrogen-bond acceptors (Lipinski definition) is 4. The van der Waals surface area contributed by atoms with Crippen LogP contribution in [0.4, 0.5) is 0 Å². The van der Waals surface area contributed by atoms with Crippen LogP contribution in [-0.2, 0) is 14.8 Å². The summed E-state index contributed by atoms with van der Waals surface area (Å²) in [6, 6.07) is 0. The van der Waals surface area contributed by atoms with Crippen LogP contribution in [0, 0.1) is 0 Å². The highest BCUT2D eigenvalue weighted by molar-refractivity contribution is 7.88. The zero-order chi connectivity index (χ0) is 14.2. The molecule has 1 N–H and O–H groups in total. The van der Waals surface area contributed by atoms with Gasteiger partial charge in [0.2, 0.25) is 15.9 Å². The summed E-state index contributed by atoms with van der Waals surface area (Å²) in [6.07, 6.45) is 2.90. The Labute approximate surface area is 110 Å². The first-order valence-corrected chi connectivity index (χ1v) is 7.59. The third kappa shape index (κ3) is 8.21. The molecule has 0 aliphatic heterocycles. The molecule has 0 aromatic carbocycles. The largest absolute Gasteiger partial charge is 0.353 e. The van der Waals surface area contributed by atoms with E-state index in [1.165, 1.54) is 4.31 Å². The van der Waals surface area contributed by atoms with Crippen LogP contribution in [-0.4, -0.2) is 70.1 Å². The van der Waals surface area contributed by atoms with Crippen molar-refractivity contribution in [1.29, 1.82) is 0 Å². The molecule has 0 heterocycles. The van der Waals surface area contributed by atoms with Gasteiger partial charge < -0.3 is 10.2 Å². The minimum absolute atomic E-state index is 0.161. The number of carbonyl (C=O) groups excluding carboxylic acids is 1. The molecule has 0 atom stereocenters.